The summed E-state index contributed by atoms with van der Waals surface area (Å²) in [5, 5.41) is 7.12. The molecule has 0 aromatic carbocycles. The van der Waals surface area contributed by atoms with Crippen LogP contribution in [-0.4, -0.2) is 43.6 Å². The number of rotatable bonds is 8. The lowest BCUT2D eigenvalue weighted by Gasteiger charge is -2.25. The van der Waals surface area contributed by atoms with Crippen LogP contribution >= 0.6 is 0 Å². The van der Waals surface area contributed by atoms with Crippen LogP contribution < -0.4 is 5.73 Å². The van der Waals surface area contributed by atoms with E-state index in [4.69, 9.17) is 15.9 Å². The molecule has 0 aliphatic rings. The molecule has 0 rings (SSSR count). The van der Waals surface area contributed by atoms with Crippen molar-refractivity contribution >= 4 is 5.84 Å². The van der Waals surface area contributed by atoms with E-state index >= 15 is 0 Å². The number of nitrogens with one attached hydrogen (secondary N) is 1. The van der Waals surface area contributed by atoms with Crippen LogP contribution in [0.1, 0.15) is 26.7 Å². The zero-order valence-corrected chi connectivity index (χ0v) is 9.55. The molecule has 84 valence electrons. The first-order valence-corrected chi connectivity index (χ1v) is 5.13. The molecule has 0 fully saturated rings. The first-order valence-electron chi connectivity index (χ1n) is 5.13. The normalized spacial score (nSPS) is 11.2. The van der Waals surface area contributed by atoms with Crippen molar-refractivity contribution in [1.82, 2.24) is 4.90 Å². The minimum atomic E-state index is 0.278. The second-order valence-corrected chi connectivity index (χ2v) is 3.75. The zero-order chi connectivity index (χ0) is 11.0. The molecule has 0 unspecified atom stereocenters. The van der Waals surface area contributed by atoms with Crippen LogP contribution in [0.5, 0.6) is 0 Å². The molecule has 0 aromatic heterocycles. The topological polar surface area (TPSA) is 62.3 Å². The highest BCUT2D eigenvalue weighted by Crippen LogP contribution is 2.01. The molecule has 0 saturated heterocycles. The number of nitrogens with zero attached hydrogens (tertiary/aromatic N) is 1. The Balaban J connectivity index is 3.67. The molecule has 0 radical (unpaired) electrons. The van der Waals surface area contributed by atoms with Gasteiger partial charge in [-0.05, 0) is 26.8 Å². The van der Waals surface area contributed by atoms with E-state index in [1.807, 2.05) is 0 Å². The summed E-state index contributed by atoms with van der Waals surface area (Å²) in [7, 11) is 1.72. The van der Waals surface area contributed by atoms with Crippen molar-refractivity contribution in [3.8, 4) is 0 Å². The van der Waals surface area contributed by atoms with Crippen molar-refractivity contribution in [2.24, 2.45) is 5.73 Å². The highest BCUT2D eigenvalue weighted by atomic mass is 16.5. The Morgan fingerprint density at radius 2 is 2.07 bits per heavy atom. The van der Waals surface area contributed by atoms with Crippen molar-refractivity contribution in [3.63, 3.8) is 0 Å². The third-order valence-electron chi connectivity index (χ3n) is 2.20. The fourth-order valence-corrected chi connectivity index (χ4v) is 1.31. The van der Waals surface area contributed by atoms with Gasteiger partial charge in [-0.15, -0.1) is 0 Å². The molecular formula is C10H23N3O. The van der Waals surface area contributed by atoms with Gasteiger partial charge in [0.15, 0.2) is 0 Å². The van der Waals surface area contributed by atoms with Crippen molar-refractivity contribution in [1.29, 1.82) is 5.41 Å². The summed E-state index contributed by atoms with van der Waals surface area (Å²) < 4.78 is 5.04. The van der Waals surface area contributed by atoms with Gasteiger partial charge in [-0.2, -0.15) is 0 Å². The monoisotopic (exact) mass is 201 g/mol. The molecular weight excluding hydrogens is 178 g/mol. The molecule has 0 spiro atoms. The summed E-state index contributed by atoms with van der Waals surface area (Å²) in [5.74, 6) is 0.278. The van der Waals surface area contributed by atoms with Gasteiger partial charge in [0, 0.05) is 26.1 Å². The highest BCUT2D eigenvalue weighted by molar-refractivity contribution is 5.76. The minimum absolute atomic E-state index is 0.278. The number of ether oxygens (including phenoxy) is 1. The Morgan fingerprint density at radius 3 is 2.50 bits per heavy atom. The second-order valence-electron chi connectivity index (χ2n) is 3.75. The quantitative estimate of drug-likeness (QED) is 0.456. The number of nitrogens with two attached hydrogens (primary N) is 1. The molecule has 0 heterocycles. The number of hydrogen-bond acceptors (Lipinski definition) is 3. The van der Waals surface area contributed by atoms with E-state index in [0.717, 1.165) is 26.1 Å². The number of methoxy groups -OCH3 is 1. The second kappa shape index (κ2) is 7.76. The Hall–Kier alpha value is -0.610. The van der Waals surface area contributed by atoms with Gasteiger partial charge in [0.05, 0.1) is 12.4 Å². The van der Waals surface area contributed by atoms with Crippen LogP contribution in [0.4, 0.5) is 0 Å². The van der Waals surface area contributed by atoms with Crippen LogP contribution in [0.15, 0.2) is 0 Å². The molecule has 0 atom stereocenters. The van der Waals surface area contributed by atoms with E-state index < -0.39 is 0 Å². The standard InChI is InChI=1S/C10H23N3O/c1-9(2)13(7-8-14-3)6-4-5-10(11)12/h9H,4-8H2,1-3H3,(H3,11,12). The van der Waals surface area contributed by atoms with Crippen LogP contribution in [0.3, 0.4) is 0 Å². The first kappa shape index (κ1) is 13.4. The third kappa shape index (κ3) is 6.86. The molecule has 3 N–H and O–H groups in total. The van der Waals surface area contributed by atoms with Crippen molar-refractivity contribution in [2.45, 2.75) is 32.7 Å². The summed E-state index contributed by atoms with van der Waals surface area (Å²) in [6, 6.07) is 0.525. The maximum atomic E-state index is 7.12. The number of hydrogen-bond donors (Lipinski definition) is 2. The van der Waals surface area contributed by atoms with Gasteiger partial charge < -0.3 is 10.5 Å². The molecule has 14 heavy (non-hydrogen) atoms. The summed E-state index contributed by atoms with van der Waals surface area (Å²) in [5.41, 5.74) is 5.29. The number of amidine groups is 1. The molecule has 0 saturated carbocycles. The SMILES string of the molecule is COCCN(CCCC(=N)N)C(C)C. The van der Waals surface area contributed by atoms with E-state index in [9.17, 15) is 0 Å². The van der Waals surface area contributed by atoms with E-state index in [2.05, 4.69) is 18.7 Å². The van der Waals surface area contributed by atoms with E-state index in [1.165, 1.54) is 0 Å². The summed E-state index contributed by atoms with van der Waals surface area (Å²) in [6.07, 6.45) is 1.65. The average Bonchev–Trinajstić information content (AvgIpc) is 2.09. The minimum Gasteiger partial charge on any atom is -0.388 e. The fourth-order valence-electron chi connectivity index (χ4n) is 1.31. The lowest BCUT2D eigenvalue weighted by atomic mass is 10.2. The van der Waals surface area contributed by atoms with Crippen LogP contribution in [0.25, 0.3) is 0 Å². The lowest BCUT2D eigenvalue weighted by molar-refractivity contribution is 0.129. The Morgan fingerprint density at radius 1 is 1.43 bits per heavy atom. The third-order valence-corrected chi connectivity index (χ3v) is 2.20. The van der Waals surface area contributed by atoms with E-state index in [1.54, 1.807) is 7.11 Å². The molecule has 4 heteroatoms. The van der Waals surface area contributed by atoms with Gasteiger partial charge >= 0.3 is 0 Å². The molecule has 0 aliphatic carbocycles. The lowest BCUT2D eigenvalue weighted by Crippen LogP contribution is -2.35. The Bertz CT molecular complexity index is 159. The summed E-state index contributed by atoms with van der Waals surface area (Å²) in [6.45, 7) is 7.04. The maximum Gasteiger partial charge on any atom is 0.0905 e. The van der Waals surface area contributed by atoms with Crippen molar-refractivity contribution < 1.29 is 4.74 Å². The van der Waals surface area contributed by atoms with Crippen LogP contribution in [0, 0.1) is 5.41 Å². The maximum absolute atomic E-state index is 7.12. The van der Waals surface area contributed by atoms with Gasteiger partial charge in [-0.25, -0.2) is 0 Å². The van der Waals surface area contributed by atoms with Gasteiger partial charge in [0.1, 0.15) is 0 Å². The molecule has 0 aromatic rings. The first-order chi connectivity index (χ1) is 6.57. The molecule has 0 aliphatic heterocycles. The average molecular weight is 201 g/mol. The summed E-state index contributed by atoms with van der Waals surface area (Å²) >= 11 is 0. The summed E-state index contributed by atoms with van der Waals surface area (Å²) in [4.78, 5) is 2.34. The Kier molecular flexibility index (Phi) is 7.42. The Labute approximate surface area is 86.9 Å². The molecule has 0 amide bonds. The highest BCUT2D eigenvalue weighted by Gasteiger charge is 2.08. The molecule has 4 nitrogen and oxygen atoms in total. The van der Waals surface area contributed by atoms with Crippen LogP contribution in [-0.2, 0) is 4.74 Å². The van der Waals surface area contributed by atoms with E-state index in [0.29, 0.717) is 12.5 Å². The van der Waals surface area contributed by atoms with Crippen molar-refractivity contribution in [2.75, 3.05) is 26.8 Å². The van der Waals surface area contributed by atoms with Gasteiger partial charge in [-0.1, -0.05) is 0 Å². The smallest absolute Gasteiger partial charge is 0.0905 e. The fraction of sp³-hybridized carbons (Fsp3) is 0.900. The predicted molar refractivity (Wildman–Crippen MR) is 59.7 cm³/mol. The van der Waals surface area contributed by atoms with Gasteiger partial charge in [0.25, 0.3) is 0 Å². The van der Waals surface area contributed by atoms with Crippen LogP contribution in [0.2, 0.25) is 0 Å². The largest absolute Gasteiger partial charge is 0.388 e. The van der Waals surface area contributed by atoms with Crippen molar-refractivity contribution in [3.05, 3.63) is 0 Å². The van der Waals surface area contributed by atoms with Gasteiger partial charge in [-0.3, -0.25) is 10.3 Å². The predicted octanol–water partition coefficient (Wildman–Crippen LogP) is 1.06. The molecule has 0 bridgehead atoms. The van der Waals surface area contributed by atoms with Gasteiger partial charge in [0.2, 0.25) is 0 Å². The zero-order valence-electron chi connectivity index (χ0n) is 9.55. The van der Waals surface area contributed by atoms with E-state index in [-0.39, 0.29) is 5.84 Å².